The van der Waals surface area contributed by atoms with Gasteiger partial charge in [0.2, 0.25) is 0 Å². The molecule has 0 aromatic heterocycles. The number of hydrogen-bond donors (Lipinski definition) is 2. The molecular formula is C14H20BrClN2O2. The summed E-state index contributed by atoms with van der Waals surface area (Å²) in [5.74, 6) is 1.03. The SMILES string of the molecule is COc1ccc(Br)c(C(=O)NC(C)(CN)C2CC2)c1.Cl. The molecule has 1 unspecified atom stereocenters. The molecule has 1 aromatic rings. The van der Waals surface area contributed by atoms with Crippen molar-refractivity contribution in [3.63, 3.8) is 0 Å². The van der Waals surface area contributed by atoms with Crippen LogP contribution in [0.3, 0.4) is 0 Å². The van der Waals surface area contributed by atoms with Crippen LogP contribution in [-0.4, -0.2) is 25.1 Å². The molecule has 1 aliphatic carbocycles. The number of nitrogens with one attached hydrogen (secondary N) is 1. The van der Waals surface area contributed by atoms with E-state index in [0.717, 1.165) is 17.3 Å². The minimum Gasteiger partial charge on any atom is -0.497 e. The van der Waals surface area contributed by atoms with Gasteiger partial charge < -0.3 is 15.8 Å². The van der Waals surface area contributed by atoms with E-state index in [1.165, 1.54) is 0 Å². The quantitative estimate of drug-likeness (QED) is 0.845. The van der Waals surface area contributed by atoms with Crippen LogP contribution in [0.4, 0.5) is 0 Å². The van der Waals surface area contributed by atoms with Gasteiger partial charge in [0.05, 0.1) is 18.2 Å². The van der Waals surface area contributed by atoms with Gasteiger partial charge in [0, 0.05) is 11.0 Å². The number of nitrogens with two attached hydrogens (primary N) is 1. The summed E-state index contributed by atoms with van der Waals surface area (Å²) in [6.07, 6.45) is 2.26. The van der Waals surface area contributed by atoms with E-state index in [-0.39, 0.29) is 23.9 Å². The molecule has 20 heavy (non-hydrogen) atoms. The topological polar surface area (TPSA) is 64.3 Å². The third-order valence-corrected chi connectivity index (χ3v) is 4.41. The third kappa shape index (κ3) is 3.65. The molecule has 1 amide bonds. The summed E-state index contributed by atoms with van der Waals surface area (Å²) < 4.78 is 5.90. The second kappa shape index (κ2) is 6.78. The van der Waals surface area contributed by atoms with Gasteiger partial charge in [0.25, 0.3) is 5.91 Å². The van der Waals surface area contributed by atoms with Crippen LogP contribution < -0.4 is 15.8 Å². The summed E-state index contributed by atoms with van der Waals surface area (Å²) in [7, 11) is 1.58. The van der Waals surface area contributed by atoms with E-state index in [4.69, 9.17) is 10.5 Å². The number of carbonyl (C=O) groups excluding carboxylic acids is 1. The van der Waals surface area contributed by atoms with Gasteiger partial charge in [-0.25, -0.2) is 0 Å². The maximum Gasteiger partial charge on any atom is 0.253 e. The molecule has 1 aliphatic rings. The number of hydrogen-bond acceptors (Lipinski definition) is 3. The number of benzene rings is 1. The first-order valence-electron chi connectivity index (χ1n) is 6.36. The van der Waals surface area contributed by atoms with Crippen LogP contribution in [-0.2, 0) is 0 Å². The zero-order valence-electron chi connectivity index (χ0n) is 11.6. The summed E-state index contributed by atoms with van der Waals surface area (Å²) in [5.41, 5.74) is 6.07. The molecule has 0 radical (unpaired) electrons. The molecule has 4 nitrogen and oxygen atoms in total. The highest BCUT2D eigenvalue weighted by Crippen LogP contribution is 2.39. The smallest absolute Gasteiger partial charge is 0.253 e. The van der Waals surface area contributed by atoms with Crippen molar-refractivity contribution in [1.29, 1.82) is 0 Å². The first-order chi connectivity index (χ1) is 9.00. The van der Waals surface area contributed by atoms with Crippen LogP contribution in [0.5, 0.6) is 5.75 Å². The van der Waals surface area contributed by atoms with Gasteiger partial charge in [-0.3, -0.25) is 4.79 Å². The van der Waals surface area contributed by atoms with Crippen molar-refractivity contribution in [3.8, 4) is 5.75 Å². The Bertz CT molecular complexity index is 494. The van der Waals surface area contributed by atoms with E-state index in [9.17, 15) is 4.79 Å². The van der Waals surface area contributed by atoms with Crippen molar-refractivity contribution in [1.82, 2.24) is 5.32 Å². The van der Waals surface area contributed by atoms with Gasteiger partial charge in [-0.2, -0.15) is 0 Å². The molecule has 112 valence electrons. The third-order valence-electron chi connectivity index (χ3n) is 3.72. The number of halogens is 2. The molecule has 1 fully saturated rings. The van der Waals surface area contributed by atoms with E-state index >= 15 is 0 Å². The Kier molecular flexibility index (Phi) is 5.86. The average molecular weight is 364 g/mol. The fourth-order valence-corrected chi connectivity index (χ4v) is 2.60. The van der Waals surface area contributed by atoms with Crippen LogP contribution in [0, 0.1) is 5.92 Å². The number of ether oxygens (including phenoxy) is 1. The van der Waals surface area contributed by atoms with Crippen molar-refractivity contribution >= 4 is 34.2 Å². The molecule has 6 heteroatoms. The molecule has 1 atom stereocenters. The Morgan fingerprint density at radius 3 is 2.70 bits per heavy atom. The summed E-state index contributed by atoms with van der Waals surface area (Å²) in [6, 6.07) is 5.35. The van der Waals surface area contributed by atoms with E-state index < -0.39 is 0 Å². The first-order valence-corrected chi connectivity index (χ1v) is 7.15. The summed E-state index contributed by atoms with van der Waals surface area (Å²) in [4.78, 5) is 12.4. The van der Waals surface area contributed by atoms with Gasteiger partial charge in [-0.1, -0.05) is 0 Å². The molecule has 0 saturated heterocycles. The van der Waals surface area contributed by atoms with Crippen LogP contribution in [0.15, 0.2) is 22.7 Å². The summed E-state index contributed by atoms with van der Waals surface area (Å²) >= 11 is 3.39. The Balaban J connectivity index is 0.00000200. The second-order valence-electron chi connectivity index (χ2n) is 5.20. The van der Waals surface area contributed by atoms with E-state index in [0.29, 0.717) is 23.8 Å². The molecule has 0 aliphatic heterocycles. The van der Waals surface area contributed by atoms with E-state index in [1.807, 2.05) is 19.1 Å². The first kappa shape index (κ1) is 17.3. The number of methoxy groups -OCH3 is 1. The highest BCUT2D eigenvalue weighted by Gasteiger charge is 2.41. The molecule has 0 spiro atoms. The molecule has 0 heterocycles. The molecular weight excluding hydrogens is 344 g/mol. The van der Waals surface area contributed by atoms with Crippen LogP contribution >= 0.6 is 28.3 Å². The Morgan fingerprint density at radius 2 is 2.20 bits per heavy atom. The monoisotopic (exact) mass is 362 g/mol. The lowest BCUT2D eigenvalue weighted by atomic mass is 9.95. The van der Waals surface area contributed by atoms with Crippen LogP contribution in [0.25, 0.3) is 0 Å². The lowest BCUT2D eigenvalue weighted by molar-refractivity contribution is 0.0896. The summed E-state index contributed by atoms with van der Waals surface area (Å²) in [6.45, 7) is 2.46. The van der Waals surface area contributed by atoms with Gasteiger partial charge in [0.15, 0.2) is 0 Å². The number of carbonyl (C=O) groups is 1. The van der Waals surface area contributed by atoms with Crippen LogP contribution in [0.2, 0.25) is 0 Å². The Morgan fingerprint density at radius 1 is 1.55 bits per heavy atom. The number of rotatable bonds is 5. The Labute approximate surface area is 134 Å². The highest BCUT2D eigenvalue weighted by atomic mass is 79.9. The second-order valence-corrected chi connectivity index (χ2v) is 6.05. The zero-order chi connectivity index (χ0) is 14.0. The van der Waals surface area contributed by atoms with Crippen molar-refractivity contribution < 1.29 is 9.53 Å². The molecule has 1 saturated carbocycles. The molecule has 0 bridgehead atoms. The predicted molar refractivity (Wildman–Crippen MR) is 85.6 cm³/mol. The molecule has 1 aromatic carbocycles. The average Bonchev–Trinajstić information content (AvgIpc) is 3.23. The summed E-state index contributed by atoms with van der Waals surface area (Å²) in [5, 5.41) is 3.06. The van der Waals surface area contributed by atoms with Crippen molar-refractivity contribution in [2.24, 2.45) is 11.7 Å². The van der Waals surface area contributed by atoms with Crippen LogP contribution in [0.1, 0.15) is 30.1 Å². The van der Waals surface area contributed by atoms with Gasteiger partial charge in [-0.05, 0) is 59.8 Å². The van der Waals surface area contributed by atoms with Gasteiger partial charge in [-0.15, -0.1) is 12.4 Å². The lowest BCUT2D eigenvalue weighted by Crippen LogP contribution is -2.53. The standard InChI is InChI=1S/C14H19BrN2O2.ClH/c1-14(8-16,9-3-4-9)17-13(18)11-7-10(19-2)5-6-12(11)15;/h5-7,9H,3-4,8,16H2,1-2H3,(H,17,18);1H. The minimum absolute atomic E-state index is 0. The van der Waals surface area contributed by atoms with E-state index in [1.54, 1.807) is 13.2 Å². The van der Waals surface area contributed by atoms with Crippen molar-refractivity contribution in [3.05, 3.63) is 28.2 Å². The normalized spacial score (nSPS) is 16.8. The fourth-order valence-electron chi connectivity index (χ4n) is 2.17. The zero-order valence-corrected chi connectivity index (χ0v) is 14.0. The largest absolute Gasteiger partial charge is 0.497 e. The van der Waals surface area contributed by atoms with Gasteiger partial charge >= 0.3 is 0 Å². The Hall–Kier alpha value is -0.780. The minimum atomic E-state index is -0.320. The lowest BCUT2D eigenvalue weighted by Gasteiger charge is -2.29. The maximum atomic E-state index is 12.4. The van der Waals surface area contributed by atoms with Crippen molar-refractivity contribution in [2.75, 3.05) is 13.7 Å². The van der Waals surface area contributed by atoms with E-state index in [2.05, 4.69) is 21.2 Å². The predicted octanol–water partition coefficient (Wildman–Crippen LogP) is 2.74. The highest BCUT2D eigenvalue weighted by molar-refractivity contribution is 9.10. The maximum absolute atomic E-state index is 12.4. The molecule has 3 N–H and O–H groups in total. The van der Waals surface area contributed by atoms with Gasteiger partial charge in [0.1, 0.15) is 5.75 Å². The number of amides is 1. The fraction of sp³-hybridized carbons (Fsp3) is 0.500. The van der Waals surface area contributed by atoms with Crippen molar-refractivity contribution in [2.45, 2.75) is 25.3 Å². The molecule has 2 rings (SSSR count).